The van der Waals surface area contributed by atoms with E-state index in [1.807, 2.05) is 17.8 Å². The summed E-state index contributed by atoms with van der Waals surface area (Å²) in [6, 6.07) is 6.46. The van der Waals surface area contributed by atoms with Gasteiger partial charge < -0.3 is 14.4 Å². The second-order valence-corrected chi connectivity index (χ2v) is 3.89. The van der Waals surface area contributed by atoms with Crippen molar-refractivity contribution in [2.24, 2.45) is 7.05 Å². The lowest BCUT2D eigenvalue weighted by molar-refractivity contribution is 0.0696. The fourth-order valence-corrected chi connectivity index (χ4v) is 1.62. The molecule has 0 aliphatic carbocycles. The first-order chi connectivity index (χ1) is 8.66. The Labute approximate surface area is 105 Å². The Bertz CT molecular complexity index is 549. The van der Waals surface area contributed by atoms with Crippen molar-refractivity contribution >= 4 is 5.97 Å². The van der Waals surface area contributed by atoms with Crippen LogP contribution in [0.1, 0.15) is 16.2 Å². The molecule has 0 aliphatic rings. The third kappa shape index (κ3) is 2.88. The van der Waals surface area contributed by atoms with Gasteiger partial charge in [-0.1, -0.05) is 6.07 Å². The van der Waals surface area contributed by atoms with Gasteiger partial charge in [-0.2, -0.15) is 0 Å². The van der Waals surface area contributed by atoms with Crippen molar-refractivity contribution in [1.82, 2.24) is 9.55 Å². The molecule has 5 nitrogen and oxygen atoms in total. The Morgan fingerprint density at radius 3 is 3.00 bits per heavy atom. The maximum Gasteiger partial charge on any atom is 0.335 e. The van der Waals surface area contributed by atoms with Crippen LogP contribution in [0.15, 0.2) is 36.7 Å². The Morgan fingerprint density at radius 2 is 2.33 bits per heavy atom. The molecule has 0 unspecified atom stereocenters. The molecule has 1 heterocycles. The Morgan fingerprint density at radius 1 is 1.50 bits per heavy atom. The van der Waals surface area contributed by atoms with Crippen molar-refractivity contribution in [2.75, 3.05) is 6.61 Å². The van der Waals surface area contributed by atoms with Crippen molar-refractivity contribution in [2.45, 2.75) is 6.42 Å². The highest BCUT2D eigenvalue weighted by molar-refractivity contribution is 5.87. The van der Waals surface area contributed by atoms with Gasteiger partial charge in [0.15, 0.2) is 0 Å². The highest BCUT2D eigenvalue weighted by atomic mass is 16.5. The number of benzene rings is 1. The number of aromatic nitrogens is 2. The number of aromatic carboxylic acids is 1. The Balaban J connectivity index is 1.92. The van der Waals surface area contributed by atoms with E-state index >= 15 is 0 Å². The van der Waals surface area contributed by atoms with Crippen LogP contribution in [0.5, 0.6) is 5.75 Å². The van der Waals surface area contributed by atoms with Crippen molar-refractivity contribution in [1.29, 1.82) is 0 Å². The number of nitrogens with zero attached hydrogens (tertiary/aromatic N) is 2. The topological polar surface area (TPSA) is 64.4 Å². The Hall–Kier alpha value is -2.30. The standard InChI is InChI=1S/C13H14N2O3/c1-15-7-6-14-12(15)5-8-18-11-4-2-3-10(9-11)13(16)17/h2-4,6-7,9H,5,8H2,1H3,(H,16,17). The van der Waals surface area contributed by atoms with Crippen LogP contribution < -0.4 is 4.74 Å². The van der Waals surface area contributed by atoms with Gasteiger partial charge in [0.05, 0.1) is 12.2 Å². The highest BCUT2D eigenvalue weighted by Crippen LogP contribution is 2.13. The first-order valence-electron chi connectivity index (χ1n) is 5.59. The molecule has 2 rings (SSSR count). The third-order valence-corrected chi connectivity index (χ3v) is 2.60. The number of carboxylic acid groups (broad SMARTS) is 1. The number of carboxylic acids is 1. The number of hydrogen-bond donors (Lipinski definition) is 1. The zero-order chi connectivity index (χ0) is 13.0. The summed E-state index contributed by atoms with van der Waals surface area (Å²) in [5, 5.41) is 8.85. The van der Waals surface area contributed by atoms with Gasteiger partial charge in [-0.15, -0.1) is 0 Å². The second kappa shape index (κ2) is 5.35. The zero-order valence-electron chi connectivity index (χ0n) is 10.0. The minimum absolute atomic E-state index is 0.226. The van der Waals surface area contributed by atoms with E-state index in [1.54, 1.807) is 18.3 Å². The minimum atomic E-state index is -0.954. The molecule has 0 fully saturated rings. The molecule has 0 bridgehead atoms. The van der Waals surface area contributed by atoms with E-state index < -0.39 is 5.97 Å². The first kappa shape index (κ1) is 12.2. The van der Waals surface area contributed by atoms with Crippen LogP contribution in [0.2, 0.25) is 0 Å². The molecule has 5 heteroatoms. The monoisotopic (exact) mass is 246 g/mol. The molecule has 0 radical (unpaired) electrons. The lowest BCUT2D eigenvalue weighted by Crippen LogP contribution is -2.06. The zero-order valence-corrected chi connectivity index (χ0v) is 10.0. The number of imidazole rings is 1. The normalized spacial score (nSPS) is 10.3. The summed E-state index contributed by atoms with van der Waals surface area (Å²) in [5.41, 5.74) is 0.226. The van der Waals surface area contributed by atoms with Crippen molar-refractivity contribution in [3.05, 3.63) is 48.0 Å². The van der Waals surface area contributed by atoms with E-state index in [-0.39, 0.29) is 5.56 Å². The predicted octanol–water partition coefficient (Wildman–Crippen LogP) is 1.74. The average Bonchev–Trinajstić information content (AvgIpc) is 2.76. The van der Waals surface area contributed by atoms with Crippen LogP contribution in [-0.4, -0.2) is 27.2 Å². The maximum atomic E-state index is 10.8. The van der Waals surface area contributed by atoms with E-state index in [9.17, 15) is 4.79 Å². The van der Waals surface area contributed by atoms with Crippen LogP contribution in [-0.2, 0) is 13.5 Å². The van der Waals surface area contributed by atoms with E-state index in [0.717, 1.165) is 5.82 Å². The molecule has 1 aromatic heterocycles. The summed E-state index contributed by atoms with van der Waals surface area (Å²) in [6.45, 7) is 0.466. The molecule has 1 aromatic carbocycles. The van der Waals surface area contributed by atoms with E-state index in [2.05, 4.69) is 4.98 Å². The average molecular weight is 246 g/mol. The summed E-state index contributed by atoms with van der Waals surface area (Å²) < 4.78 is 7.44. The van der Waals surface area contributed by atoms with Crippen LogP contribution in [0.25, 0.3) is 0 Å². The van der Waals surface area contributed by atoms with Gasteiger partial charge >= 0.3 is 5.97 Å². The largest absolute Gasteiger partial charge is 0.493 e. The van der Waals surface area contributed by atoms with Gasteiger partial charge in [-0.05, 0) is 18.2 Å². The predicted molar refractivity (Wildman–Crippen MR) is 65.8 cm³/mol. The maximum absolute atomic E-state index is 10.8. The summed E-state index contributed by atoms with van der Waals surface area (Å²) in [4.78, 5) is 15.0. The summed E-state index contributed by atoms with van der Waals surface area (Å²) in [6.07, 6.45) is 4.29. The van der Waals surface area contributed by atoms with Crippen LogP contribution >= 0.6 is 0 Å². The molecule has 0 amide bonds. The van der Waals surface area contributed by atoms with Crippen molar-refractivity contribution in [3.63, 3.8) is 0 Å². The molecule has 1 N–H and O–H groups in total. The number of ether oxygens (including phenoxy) is 1. The second-order valence-electron chi connectivity index (χ2n) is 3.89. The van der Waals surface area contributed by atoms with Gasteiger partial charge in [-0.25, -0.2) is 9.78 Å². The number of rotatable bonds is 5. The van der Waals surface area contributed by atoms with E-state index in [0.29, 0.717) is 18.8 Å². The summed E-state index contributed by atoms with van der Waals surface area (Å²) in [5.74, 6) is 0.540. The van der Waals surface area contributed by atoms with Gasteiger partial charge in [0.2, 0.25) is 0 Å². The minimum Gasteiger partial charge on any atom is -0.493 e. The molecule has 0 spiro atoms. The fraction of sp³-hybridized carbons (Fsp3) is 0.231. The van der Waals surface area contributed by atoms with Crippen LogP contribution in [0.4, 0.5) is 0 Å². The quantitative estimate of drug-likeness (QED) is 0.872. The fourth-order valence-electron chi connectivity index (χ4n) is 1.62. The smallest absolute Gasteiger partial charge is 0.335 e. The van der Waals surface area contributed by atoms with E-state index in [1.165, 1.54) is 12.1 Å². The molecule has 0 saturated heterocycles. The first-order valence-corrected chi connectivity index (χ1v) is 5.59. The molecular weight excluding hydrogens is 232 g/mol. The van der Waals surface area contributed by atoms with Gasteiger partial charge in [0.25, 0.3) is 0 Å². The molecule has 0 aliphatic heterocycles. The van der Waals surface area contributed by atoms with Gasteiger partial charge in [-0.3, -0.25) is 0 Å². The van der Waals surface area contributed by atoms with Crippen LogP contribution in [0.3, 0.4) is 0 Å². The van der Waals surface area contributed by atoms with Crippen LogP contribution in [0, 0.1) is 0 Å². The third-order valence-electron chi connectivity index (χ3n) is 2.60. The molecular formula is C13H14N2O3. The molecule has 2 aromatic rings. The molecule has 18 heavy (non-hydrogen) atoms. The lowest BCUT2D eigenvalue weighted by atomic mass is 10.2. The summed E-state index contributed by atoms with van der Waals surface area (Å²) in [7, 11) is 1.92. The molecule has 0 atom stereocenters. The number of aryl methyl sites for hydroxylation is 1. The molecule has 0 saturated carbocycles. The van der Waals surface area contributed by atoms with Crippen molar-refractivity contribution in [3.8, 4) is 5.75 Å². The van der Waals surface area contributed by atoms with Gasteiger partial charge in [0.1, 0.15) is 11.6 Å². The number of carbonyl (C=O) groups is 1. The molecule has 94 valence electrons. The van der Waals surface area contributed by atoms with E-state index in [4.69, 9.17) is 9.84 Å². The Kier molecular flexibility index (Phi) is 3.62. The van der Waals surface area contributed by atoms with Crippen molar-refractivity contribution < 1.29 is 14.6 Å². The highest BCUT2D eigenvalue weighted by Gasteiger charge is 2.04. The number of hydrogen-bond acceptors (Lipinski definition) is 3. The lowest BCUT2D eigenvalue weighted by Gasteiger charge is -2.06. The summed E-state index contributed by atoms with van der Waals surface area (Å²) >= 11 is 0. The van der Waals surface area contributed by atoms with Gasteiger partial charge in [0, 0.05) is 25.9 Å². The SMILES string of the molecule is Cn1ccnc1CCOc1cccc(C(=O)O)c1.